The molecule has 32 heavy (non-hydrogen) atoms. The molecule has 13 heteroatoms. The Balaban J connectivity index is 1.62. The molecule has 10 nitrogen and oxygen atoms in total. The van der Waals surface area contributed by atoms with E-state index >= 15 is 0 Å². The lowest BCUT2D eigenvalue weighted by Crippen LogP contribution is -2.42. The third-order valence-electron chi connectivity index (χ3n) is 6.00. The van der Waals surface area contributed by atoms with Crippen LogP contribution >= 0.6 is 0 Å². The zero-order valence-corrected chi connectivity index (χ0v) is 18.6. The van der Waals surface area contributed by atoms with E-state index in [9.17, 15) is 22.0 Å². The normalized spacial score (nSPS) is 19.1. The van der Waals surface area contributed by atoms with Crippen molar-refractivity contribution in [3.05, 3.63) is 16.6 Å². The van der Waals surface area contributed by atoms with Crippen LogP contribution in [0.15, 0.2) is 11.0 Å². The van der Waals surface area contributed by atoms with Crippen LogP contribution < -0.4 is 16.2 Å². The highest BCUT2D eigenvalue weighted by atomic mass is 32.2. The number of hydrogen-bond acceptors (Lipinski definition) is 8. The minimum atomic E-state index is -3.21. The largest absolute Gasteiger partial charge is 0.360 e. The maximum absolute atomic E-state index is 13.1. The van der Waals surface area contributed by atoms with E-state index < -0.39 is 28.6 Å². The maximum Gasteiger partial charge on any atom is 0.295 e. The lowest BCUT2D eigenvalue weighted by atomic mass is 10.1. The van der Waals surface area contributed by atoms with Crippen molar-refractivity contribution in [3.63, 3.8) is 0 Å². The van der Waals surface area contributed by atoms with E-state index in [1.54, 1.807) is 4.57 Å². The Morgan fingerprint density at radius 3 is 2.47 bits per heavy atom. The lowest BCUT2D eigenvalue weighted by molar-refractivity contribution is 0.163. The molecule has 0 bridgehead atoms. The van der Waals surface area contributed by atoms with Crippen LogP contribution in [0.5, 0.6) is 0 Å². The van der Waals surface area contributed by atoms with Gasteiger partial charge >= 0.3 is 0 Å². The standard InChI is InChI=1S/C19H27F2N7O3S/c1-32(30,31)27-8-6-12(7-9-27)24-19-23-10-14-17(26-19)28(13-4-2-3-5-13)18(29)16(25-14)22-11-15(20)21/h10,12-13,15H,2-9,11H2,1H3,(H,22,25)(H,23,24,26). The summed E-state index contributed by atoms with van der Waals surface area (Å²) in [4.78, 5) is 26.1. The number of aromatic nitrogens is 4. The van der Waals surface area contributed by atoms with Crippen molar-refractivity contribution >= 4 is 33.0 Å². The first-order valence-corrected chi connectivity index (χ1v) is 12.6. The topological polar surface area (TPSA) is 122 Å². The molecule has 4 rings (SSSR count). The quantitative estimate of drug-likeness (QED) is 0.627. The molecule has 1 saturated carbocycles. The molecule has 3 heterocycles. The molecule has 1 saturated heterocycles. The van der Waals surface area contributed by atoms with Crippen LogP contribution in [0.4, 0.5) is 20.5 Å². The van der Waals surface area contributed by atoms with E-state index in [1.165, 1.54) is 16.8 Å². The molecule has 0 aromatic carbocycles. The summed E-state index contributed by atoms with van der Waals surface area (Å²) in [6.45, 7) is 0.167. The summed E-state index contributed by atoms with van der Waals surface area (Å²) >= 11 is 0. The van der Waals surface area contributed by atoms with Gasteiger partial charge in [-0.15, -0.1) is 0 Å². The first kappa shape index (κ1) is 22.8. The molecule has 2 fully saturated rings. The third-order valence-corrected chi connectivity index (χ3v) is 7.30. The SMILES string of the molecule is CS(=O)(=O)N1CCC(Nc2ncc3nc(NCC(F)F)c(=O)n(C4CCCC4)c3n2)CC1. The Morgan fingerprint density at radius 1 is 1.16 bits per heavy atom. The third kappa shape index (κ3) is 4.98. The molecule has 0 unspecified atom stereocenters. The monoisotopic (exact) mass is 471 g/mol. The Kier molecular flexibility index (Phi) is 6.56. The molecular formula is C19H27F2N7O3S. The number of anilines is 2. The van der Waals surface area contributed by atoms with Crippen LogP contribution in [0, 0.1) is 0 Å². The molecule has 2 aromatic heterocycles. The number of sulfonamides is 1. The fourth-order valence-electron chi connectivity index (χ4n) is 4.38. The first-order chi connectivity index (χ1) is 15.2. The van der Waals surface area contributed by atoms with Crippen molar-refractivity contribution in [2.75, 3.05) is 36.5 Å². The van der Waals surface area contributed by atoms with Gasteiger partial charge in [-0.1, -0.05) is 12.8 Å². The average Bonchev–Trinajstić information content (AvgIpc) is 3.26. The fourth-order valence-corrected chi connectivity index (χ4v) is 5.25. The highest BCUT2D eigenvalue weighted by Gasteiger charge is 2.27. The predicted octanol–water partition coefficient (Wildman–Crippen LogP) is 1.81. The van der Waals surface area contributed by atoms with Crippen LogP contribution in [0.2, 0.25) is 0 Å². The number of nitrogens with one attached hydrogen (secondary N) is 2. The number of alkyl halides is 2. The molecule has 0 amide bonds. The van der Waals surface area contributed by atoms with Crippen LogP contribution in [-0.2, 0) is 10.0 Å². The van der Waals surface area contributed by atoms with Gasteiger partial charge in [0.25, 0.3) is 12.0 Å². The van der Waals surface area contributed by atoms with Crippen molar-refractivity contribution in [2.24, 2.45) is 0 Å². The molecule has 0 radical (unpaired) electrons. The number of halogens is 2. The number of fused-ring (bicyclic) bond motifs is 1. The smallest absolute Gasteiger partial charge is 0.295 e. The minimum absolute atomic E-state index is 0.00274. The summed E-state index contributed by atoms with van der Waals surface area (Å²) in [5.41, 5.74) is 0.262. The number of rotatable bonds is 7. The van der Waals surface area contributed by atoms with E-state index in [1.807, 2.05) is 0 Å². The summed E-state index contributed by atoms with van der Waals surface area (Å²) in [5.74, 6) is 0.207. The molecule has 2 N–H and O–H groups in total. The highest BCUT2D eigenvalue weighted by Crippen LogP contribution is 2.30. The van der Waals surface area contributed by atoms with Gasteiger partial charge in [-0.3, -0.25) is 9.36 Å². The average molecular weight is 472 g/mol. The van der Waals surface area contributed by atoms with Gasteiger partial charge in [0.15, 0.2) is 11.5 Å². The van der Waals surface area contributed by atoms with Gasteiger partial charge < -0.3 is 10.6 Å². The second-order valence-corrected chi connectivity index (χ2v) is 10.3. The summed E-state index contributed by atoms with van der Waals surface area (Å²) in [5, 5.41) is 5.68. The zero-order valence-electron chi connectivity index (χ0n) is 17.8. The molecule has 1 aliphatic carbocycles. The van der Waals surface area contributed by atoms with E-state index in [2.05, 4.69) is 25.6 Å². The Bertz CT molecular complexity index is 1130. The number of nitrogens with zero attached hydrogens (tertiary/aromatic N) is 5. The van der Waals surface area contributed by atoms with Crippen LogP contribution in [0.3, 0.4) is 0 Å². The molecular weight excluding hydrogens is 444 g/mol. The molecule has 2 aliphatic rings. The van der Waals surface area contributed by atoms with E-state index in [-0.39, 0.29) is 17.9 Å². The van der Waals surface area contributed by atoms with Gasteiger partial charge in [0.05, 0.1) is 19.0 Å². The van der Waals surface area contributed by atoms with Crippen molar-refractivity contribution in [1.82, 2.24) is 23.8 Å². The fraction of sp³-hybridized carbons (Fsp3) is 0.684. The van der Waals surface area contributed by atoms with E-state index in [0.717, 1.165) is 25.7 Å². The van der Waals surface area contributed by atoms with Crippen LogP contribution in [-0.4, -0.2) is 70.6 Å². The summed E-state index contributed by atoms with van der Waals surface area (Å²) in [6, 6.07) is -0.0714. The molecule has 176 valence electrons. The predicted molar refractivity (Wildman–Crippen MR) is 117 cm³/mol. The molecule has 1 aliphatic heterocycles. The Labute approximate surface area is 184 Å². The minimum Gasteiger partial charge on any atom is -0.360 e. The van der Waals surface area contributed by atoms with Gasteiger partial charge in [0, 0.05) is 25.2 Å². The van der Waals surface area contributed by atoms with Crippen molar-refractivity contribution in [1.29, 1.82) is 0 Å². The second kappa shape index (κ2) is 9.22. The zero-order chi connectivity index (χ0) is 22.9. The van der Waals surface area contributed by atoms with Gasteiger partial charge in [-0.2, -0.15) is 4.98 Å². The van der Waals surface area contributed by atoms with Crippen molar-refractivity contribution in [3.8, 4) is 0 Å². The van der Waals surface area contributed by atoms with Crippen molar-refractivity contribution < 1.29 is 17.2 Å². The Hall–Kier alpha value is -2.41. The van der Waals surface area contributed by atoms with Gasteiger partial charge in [0.2, 0.25) is 16.0 Å². The van der Waals surface area contributed by atoms with E-state index in [0.29, 0.717) is 43.0 Å². The summed E-state index contributed by atoms with van der Waals surface area (Å²) in [6.07, 6.45) is 4.88. The summed E-state index contributed by atoms with van der Waals surface area (Å²) in [7, 11) is -3.21. The second-order valence-electron chi connectivity index (χ2n) is 8.33. The van der Waals surface area contributed by atoms with Gasteiger partial charge in [-0.05, 0) is 25.7 Å². The molecule has 2 aromatic rings. The summed E-state index contributed by atoms with van der Waals surface area (Å²) < 4.78 is 51.7. The lowest BCUT2D eigenvalue weighted by Gasteiger charge is -2.30. The van der Waals surface area contributed by atoms with Crippen molar-refractivity contribution in [2.45, 2.75) is 57.0 Å². The number of piperidine rings is 1. The molecule has 0 atom stereocenters. The van der Waals surface area contributed by atoms with Gasteiger partial charge in [-0.25, -0.2) is 31.5 Å². The maximum atomic E-state index is 13.1. The Morgan fingerprint density at radius 2 is 1.84 bits per heavy atom. The molecule has 0 spiro atoms. The number of hydrogen-bond donors (Lipinski definition) is 2. The highest BCUT2D eigenvalue weighted by molar-refractivity contribution is 7.88. The first-order valence-electron chi connectivity index (χ1n) is 10.8. The van der Waals surface area contributed by atoms with Gasteiger partial charge in [0.1, 0.15) is 5.52 Å². The van der Waals surface area contributed by atoms with E-state index in [4.69, 9.17) is 0 Å². The van der Waals surface area contributed by atoms with Crippen LogP contribution in [0.1, 0.15) is 44.6 Å². The van der Waals surface area contributed by atoms with Crippen LogP contribution in [0.25, 0.3) is 11.2 Å².